The predicted molar refractivity (Wildman–Crippen MR) is 119 cm³/mol. The van der Waals surface area contributed by atoms with E-state index < -0.39 is 0 Å². The molecule has 0 aliphatic heterocycles. The van der Waals surface area contributed by atoms with E-state index in [9.17, 15) is 0 Å². The molecule has 0 unspecified atom stereocenters. The molecule has 1 fully saturated rings. The Hall–Kier alpha value is -0.860. The molecule has 0 heterocycles. The molecule has 1 saturated carbocycles. The molecule has 0 bridgehead atoms. The van der Waals surface area contributed by atoms with Crippen LogP contribution in [-0.2, 0) is 15.9 Å². The highest BCUT2D eigenvalue weighted by molar-refractivity contribution is 14.0. The van der Waals surface area contributed by atoms with Crippen LogP contribution >= 0.6 is 24.0 Å². The highest BCUT2D eigenvalue weighted by Crippen LogP contribution is 2.48. The van der Waals surface area contributed by atoms with Gasteiger partial charge in [0.2, 0.25) is 0 Å². The van der Waals surface area contributed by atoms with Gasteiger partial charge in [-0.3, -0.25) is 4.99 Å². The second-order valence-corrected chi connectivity index (χ2v) is 6.74. The number of halogens is 1. The normalized spacial score (nSPS) is 15.2. The smallest absolute Gasteiger partial charge is 0.191 e. The molecule has 148 valence electrons. The molecule has 5 nitrogen and oxygen atoms in total. The molecule has 1 aromatic carbocycles. The van der Waals surface area contributed by atoms with Crippen LogP contribution in [0.5, 0.6) is 0 Å². The van der Waals surface area contributed by atoms with Crippen LogP contribution in [0, 0.1) is 5.41 Å². The van der Waals surface area contributed by atoms with Gasteiger partial charge in [-0.05, 0) is 43.6 Å². The largest absolute Gasteiger partial charge is 0.382 e. The Bertz CT molecular complexity index is 507. The average Bonchev–Trinajstić information content (AvgIpc) is 3.39. The van der Waals surface area contributed by atoms with Gasteiger partial charge in [0.1, 0.15) is 0 Å². The number of benzene rings is 1. The van der Waals surface area contributed by atoms with Crippen molar-refractivity contribution in [3.8, 4) is 0 Å². The van der Waals surface area contributed by atoms with Crippen molar-refractivity contribution < 1.29 is 9.47 Å². The highest BCUT2D eigenvalue weighted by Gasteiger charge is 2.42. The molecular weight excluding hydrogens is 441 g/mol. The van der Waals surface area contributed by atoms with Crippen molar-refractivity contribution in [2.45, 2.75) is 32.6 Å². The summed E-state index contributed by atoms with van der Waals surface area (Å²) >= 11 is 0. The maximum Gasteiger partial charge on any atom is 0.191 e. The molecular formula is C20H34IN3O2. The first-order valence-corrected chi connectivity index (χ1v) is 9.41. The van der Waals surface area contributed by atoms with Crippen molar-refractivity contribution in [2.75, 3.05) is 46.6 Å². The third-order valence-electron chi connectivity index (χ3n) is 4.49. The summed E-state index contributed by atoms with van der Waals surface area (Å²) in [5.41, 5.74) is 1.79. The Morgan fingerprint density at radius 2 is 1.88 bits per heavy atom. The Morgan fingerprint density at radius 1 is 1.12 bits per heavy atom. The first-order valence-electron chi connectivity index (χ1n) is 9.41. The number of guanidine groups is 1. The molecule has 0 amide bonds. The van der Waals surface area contributed by atoms with Crippen molar-refractivity contribution in [1.82, 2.24) is 10.6 Å². The first kappa shape index (κ1) is 23.2. The lowest BCUT2D eigenvalue weighted by Crippen LogP contribution is -2.38. The van der Waals surface area contributed by atoms with E-state index >= 15 is 0 Å². The SMILES string of the molecule is CCNC(=NCC1(Cc2ccccc2)CC1)NCCCOCCOC.I. The van der Waals surface area contributed by atoms with E-state index in [1.54, 1.807) is 7.11 Å². The van der Waals surface area contributed by atoms with Crippen LogP contribution in [0.4, 0.5) is 0 Å². The second kappa shape index (κ2) is 13.3. The zero-order chi connectivity index (χ0) is 17.8. The molecule has 0 atom stereocenters. The summed E-state index contributed by atoms with van der Waals surface area (Å²) in [6, 6.07) is 10.8. The molecule has 6 heteroatoms. The van der Waals surface area contributed by atoms with Crippen LogP contribution in [0.2, 0.25) is 0 Å². The summed E-state index contributed by atoms with van der Waals surface area (Å²) in [4.78, 5) is 4.82. The monoisotopic (exact) mass is 475 g/mol. The van der Waals surface area contributed by atoms with E-state index in [0.29, 0.717) is 18.6 Å². The highest BCUT2D eigenvalue weighted by atomic mass is 127. The van der Waals surface area contributed by atoms with Gasteiger partial charge in [0.15, 0.2) is 5.96 Å². The zero-order valence-electron chi connectivity index (χ0n) is 16.1. The Kier molecular flexibility index (Phi) is 11.9. The molecule has 0 radical (unpaired) electrons. The summed E-state index contributed by atoms with van der Waals surface area (Å²) in [6.45, 7) is 6.79. The Balaban J connectivity index is 0.00000338. The predicted octanol–water partition coefficient (Wildman–Crippen LogP) is 3.24. The summed E-state index contributed by atoms with van der Waals surface area (Å²) in [5.74, 6) is 0.915. The fraction of sp³-hybridized carbons (Fsp3) is 0.650. The number of ether oxygens (including phenoxy) is 2. The van der Waals surface area contributed by atoms with Crippen LogP contribution in [0.15, 0.2) is 35.3 Å². The number of nitrogens with zero attached hydrogens (tertiary/aromatic N) is 1. The van der Waals surface area contributed by atoms with Gasteiger partial charge in [0.05, 0.1) is 13.2 Å². The van der Waals surface area contributed by atoms with Gasteiger partial charge in [-0.15, -0.1) is 24.0 Å². The van der Waals surface area contributed by atoms with E-state index in [1.165, 1.54) is 18.4 Å². The molecule has 1 aromatic rings. The van der Waals surface area contributed by atoms with Gasteiger partial charge >= 0.3 is 0 Å². The molecule has 0 spiro atoms. The summed E-state index contributed by atoms with van der Waals surface area (Å²) in [6.07, 6.45) is 4.64. The summed E-state index contributed by atoms with van der Waals surface area (Å²) in [5, 5.41) is 6.74. The fourth-order valence-electron chi connectivity index (χ4n) is 2.81. The average molecular weight is 475 g/mol. The lowest BCUT2D eigenvalue weighted by molar-refractivity contribution is 0.0698. The van der Waals surface area contributed by atoms with Crippen molar-refractivity contribution in [3.05, 3.63) is 35.9 Å². The number of hydrogen-bond acceptors (Lipinski definition) is 3. The number of hydrogen-bond donors (Lipinski definition) is 2. The van der Waals surface area contributed by atoms with Crippen LogP contribution in [0.3, 0.4) is 0 Å². The van der Waals surface area contributed by atoms with Gasteiger partial charge < -0.3 is 20.1 Å². The minimum Gasteiger partial charge on any atom is -0.382 e. The van der Waals surface area contributed by atoms with Gasteiger partial charge in [-0.2, -0.15) is 0 Å². The number of methoxy groups -OCH3 is 1. The van der Waals surface area contributed by atoms with E-state index in [0.717, 1.165) is 45.0 Å². The molecule has 26 heavy (non-hydrogen) atoms. The Morgan fingerprint density at radius 3 is 2.54 bits per heavy atom. The fourth-order valence-corrected chi connectivity index (χ4v) is 2.81. The lowest BCUT2D eigenvalue weighted by Gasteiger charge is -2.15. The summed E-state index contributed by atoms with van der Waals surface area (Å²) in [7, 11) is 1.69. The molecule has 0 aromatic heterocycles. The maximum atomic E-state index is 5.48. The third kappa shape index (κ3) is 9.19. The van der Waals surface area contributed by atoms with Crippen molar-refractivity contribution in [3.63, 3.8) is 0 Å². The van der Waals surface area contributed by atoms with Crippen molar-refractivity contribution in [1.29, 1.82) is 0 Å². The minimum atomic E-state index is 0. The van der Waals surface area contributed by atoms with Crippen LogP contribution in [-0.4, -0.2) is 52.5 Å². The molecule has 1 aliphatic rings. The van der Waals surface area contributed by atoms with Gasteiger partial charge in [-0.1, -0.05) is 30.3 Å². The summed E-state index contributed by atoms with van der Waals surface area (Å²) < 4.78 is 10.4. The maximum absolute atomic E-state index is 5.48. The van der Waals surface area contributed by atoms with Gasteiger partial charge in [0, 0.05) is 33.4 Å². The standard InChI is InChI=1S/C20H33N3O2.HI/c1-3-21-19(22-12-7-13-25-15-14-24-2)23-17-20(10-11-20)16-18-8-5-4-6-9-18;/h4-6,8-9H,3,7,10-17H2,1-2H3,(H2,21,22,23);1H. The molecule has 0 saturated heterocycles. The van der Waals surface area contributed by atoms with E-state index in [2.05, 4.69) is 47.9 Å². The Labute approximate surface area is 175 Å². The van der Waals surface area contributed by atoms with Crippen LogP contribution in [0.1, 0.15) is 31.7 Å². The zero-order valence-corrected chi connectivity index (χ0v) is 18.5. The van der Waals surface area contributed by atoms with Gasteiger partial charge in [-0.25, -0.2) is 0 Å². The topological polar surface area (TPSA) is 54.9 Å². The minimum absolute atomic E-state index is 0. The van der Waals surface area contributed by atoms with E-state index in [1.807, 2.05) is 0 Å². The lowest BCUT2D eigenvalue weighted by atomic mass is 9.97. The number of nitrogens with one attached hydrogen (secondary N) is 2. The second-order valence-electron chi connectivity index (χ2n) is 6.74. The van der Waals surface area contributed by atoms with Crippen molar-refractivity contribution >= 4 is 29.9 Å². The van der Waals surface area contributed by atoms with Crippen LogP contribution in [0.25, 0.3) is 0 Å². The number of aliphatic imine (C=N–C) groups is 1. The van der Waals surface area contributed by atoms with E-state index in [4.69, 9.17) is 14.5 Å². The molecule has 2 N–H and O–H groups in total. The number of rotatable bonds is 12. The molecule has 2 rings (SSSR count). The quantitative estimate of drug-likeness (QED) is 0.211. The van der Waals surface area contributed by atoms with Gasteiger partial charge in [0.25, 0.3) is 0 Å². The van der Waals surface area contributed by atoms with Crippen LogP contribution < -0.4 is 10.6 Å². The molecule has 1 aliphatic carbocycles. The van der Waals surface area contributed by atoms with E-state index in [-0.39, 0.29) is 24.0 Å². The first-order chi connectivity index (χ1) is 12.3. The third-order valence-corrected chi connectivity index (χ3v) is 4.49. The van der Waals surface area contributed by atoms with Crippen molar-refractivity contribution in [2.24, 2.45) is 10.4 Å².